The fourth-order valence-corrected chi connectivity index (χ4v) is 2.58. The Morgan fingerprint density at radius 1 is 1.19 bits per heavy atom. The van der Waals surface area contributed by atoms with Crippen LogP contribution in [0.15, 0.2) is 42.5 Å². The number of ether oxygens (including phenoxy) is 1. The maximum atomic E-state index is 13.5. The minimum absolute atomic E-state index is 0.118. The topological polar surface area (TPSA) is 42.1 Å². The van der Waals surface area contributed by atoms with E-state index in [9.17, 15) is 9.18 Å². The van der Waals surface area contributed by atoms with E-state index >= 15 is 0 Å². The molecular formula is C17H14FNO2. The molecule has 21 heavy (non-hydrogen) atoms. The molecule has 3 aromatic rings. The van der Waals surface area contributed by atoms with Gasteiger partial charge in [-0.05, 0) is 37.3 Å². The molecule has 3 nitrogen and oxygen atoms in total. The van der Waals surface area contributed by atoms with Crippen LogP contribution in [0, 0.1) is 5.82 Å². The third-order valence-electron chi connectivity index (χ3n) is 3.49. The molecule has 0 aliphatic heterocycles. The number of para-hydroxylation sites is 1. The molecular weight excluding hydrogens is 269 g/mol. The Bertz CT molecular complexity index is 836. The summed E-state index contributed by atoms with van der Waals surface area (Å²) in [5.74, 6) is 0.176. The fraction of sp³-hybridized carbons (Fsp3) is 0.118. The molecule has 1 heterocycles. The first-order chi connectivity index (χ1) is 10.1. The van der Waals surface area contributed by atoms with Gasteiger partial charge in [0.25, 0.3) is 0 Å². The van der Waals surface area contributed by atoms with Crippen molar-refractivity contribution in [1.29, 1.82) is 0 Å². The van der Waals surface area contributed by atoms with Crippen LogP contribution in [0.3, 0.4) is 0 Å². The third-order valence-corrected chi connectivity index (χ3v) is 3.49. The van der Waals surface area contributed by atoms with Crippen molar-refractivity contribution < 1.29 is 13.9 Å². The van der Waals surface area contributed by atoms with Gasteiger partial charge in [-0.2, -0.15) is 0 Å². The van der Waals surface area contributed by atoms with Gasteiger partial charge in [0.05, 0.1) is 18.4 Å². The summed E-state index contributed by atoms with van der Waals surface area (Å²) in [6.45, 7) is 1.48. The third kappa shape index (κ3) is 2.18. The van der Waals surface area contributed by atoms with E-state index in [0.717, 1.165) is 11.1 Å². The van der Waals surface area contributed by atoms with Crippen LogP contribution in [0.4, 0.5) is 4.39 Å². The molecule has 0 amide bonds. The van der Waals surface area contributed by atoms with Crippen LogP contribution in [-0.2, 0) is 0 Å². The lowest BCUT2D eigenvalue weighted by molar-refractivity contribution is 0.102. The smallest absolute Gasteiger partial charge is 0.162 e. The second-order valence-corrected chi connectivity index (χ2v) is 4.82. The van der Waals surface area contributed by atoms with Gasteiger partial charge < -0.3 is 9.72 Å². The average Bonchev–Trinajstić information content (AvgIpc) is 2.85. The van der Waals surface area contributed by atoms with Crippen LogP contribution in [0.25, 0.3) is 22.2 Å². The summed E-state index contributed by atoms with van der Waals surface area (Å²) < 4.78 is 18.8. The molecule has 1 N–H and O–H groups in total. The van der Waals surface area contributed by atoms with Crippen molar-refractivity contribution in [2.75, 3.05) is 7.11 Å². The van der Waals surface area contributed by atoms with Crippen molar-refractivity contribution in [3.63, 3.8) is 0 Å². The second-order valence-electron chi connectivity index (χ2n) is 4.82. The Labute approximate surface area is 121 Å². The van der Waals surface area contributed by atoms with E-state index in [0.29, 0.717) is 22.4 Å². The molecule has 1 aromatic heterocycles. The van der Waals surface area contributed by atoms with Crippen molar-refractivity contribution in [2.24, 2.45) is 0 Å². The molecule has 0 radical (unpaired) electrons. The molecule has 3 rings (SSSR count). The number of fused-ring (bicyclic) bond motifs is 1. The maximum absolute atomic E-state index is 13.5. The zero-order chi connectivity index (χ0) is 15.0. The second kappa shape index (κ2) is 5.05. The van der Waals surface area contributed by atoms with Crippen LogP contribution >= 0.6 is 0 Å². The fourth-order valence-electron chi connectivity index (χ4n) is 2.58. The van der Waals surface area contributed by atoms with E-state index < -0.39 is 0 Å². The molecule has 4 heteroatoms. The summed E-state index contributed by atoms with van der Waals surface area (Å²) >= 11 is 0. The normalized spacial score (nSPS) is 10.8. The van der Waals surface area contributed by atoms with Gasteiger partial charge in [-0.3, -0.25) is 4.79 Å². The number of Topliss-reactive ketones (excluding diaryl/α,β-unsaturated/α-hetero) is 1. The first-order valence-corrected chi connectivity index (χ1v) is 6.57. The lowest BCUT2D eigenvalue weighted by Gasteiger charge is -2.08. The minimum atomic E-state index is -0.365. The van der Waals surface area contributed by atoms with E-state index in [4.69, 9.17) is 4.74 Å². The number of aromatic amines is 1. The van der Waals surface area contributed by atoms with Gasteiger partial charge in [-0.25, -0.2) is 4.39 Å². The Hall–Kier alpha value is -2.62. The van der Waals surface area contributed by atoms with Crippen LogP contribution in [-0.4, -0.2) is 17.9 Å². The van der Waals surface area contributed by atoms with Gasteiger partial charge in [0, 0.05) is 16.5 Å². The summed E-state index contributed by atoms with van der Waals surface area (Å²) in [6, 6.07) is 11.8. The quantitative estimate of drug-likeness (QED) is 0.732. The number of hydrogen-bond donors (Lipinski definition) is 1. The maximum Gasteiger partial charge on any atom is 0.162 e. The van der Waals surface area contributed by atoms with E-state index in [1.165, 1.54) is 19.1 Å². The standard InChI is InChI=1S/C17H14FNO2/c1-10(20)16-13-9-11(18)7-8-14(13)19-17(16)12-5-3-4-6-15(12)21-2/h3-9,19H,1-2H3. The molecule has 0 saturated carbocycles. The van der Waals surface area contributed by atoms with Gasteiger partial charge in [0.15, 0.2) is 5.78 Å². The SMILES string of the molecule is COc1ccccc1-c1[nH]c2ccc(F)cc2c1C(C)=O. The number of aromatic nitrogens is 1. The zero-order valence-electron chi connectivity index (χ0n) is 11.7. The molecule has 0 bridgehead atoms. The molecule has 106 valence electrons. The lowest BCUT2D eigenvalue weighted by atomic mass is 10.0. The highest BCUT2D eigenvalue weighted by molar-refractivity contribution is 6.12. The number of methoxy groups -OCH3 is 1. The zero-order valence-corrected chi connectivity index (χ0v) is 11.7. The highest BCUT2D eigenvalue weighted by atomic mass is 19.1. The number of H-pyrrole nitrogens is 1. The van der Waals surface area contributed by atoms with E-state index in [1.807, 2.05) is 24.3 Å². The highest BCUT2D eigenvalue weighted by Crippen LogP contribution is 2.36. The predicted octanol–water partition coefficient (Wildman–Crippen LogP) is 4.19. The van der Waals surface area contributed by atoms with Gasteiger partial charge in [-0.1, -0.05) is 12.1 Å². The molecule has 0 saturated heterocycles. The Balaban J connectivity index is 2.37. The summed E-state index contributed by atoms with van der Waals surface area (Å²) in [7, 11) is 1.58. The molecule has 2 aromatic carbocycles. The van der Waals surface area contributed by atoms with E-state index in [1.54, 1.807) is 13.2 Å². The van der Waals surface area contributed by atoms with Crippen molar-refractivity contribution in [2.45, 2.75) is 6.92 Å². The molecule has 0 atom stereocenters. The Morgan fingerprint density at radius 2 is 1.95 bits per heavy atom. The monoisotopic (exact) mass is 283 g/mol. The van der Waals surface area contributed by atoms with E-state index in [-0.39, 0.29) is 11.6 Å². The van der Waals surface area contributed by atoms with Crippen molar-refractivity contribution in [3.8, 4) is 17.0 Å². The van der Waals surface area contributed by atoms with Crippen LogP contribution in [0.2, 0.25) is 0 Å². The molecule has 0 spiro atoms. The number of carbonyl (C=O) groups excluding carboxylic acids is 1. The first kappa shape index (κ1) is 13.4. The molecule has 0 aliphatic carbocycles. The highest BCUT2D eigenvalue weighted by Gasteiger charge is 2.19. The lowest BCUT2D eigenvalue weighted by Crippen LogP contribution is -1.96. The van der Waals surface area contributed by atoms with Crippen LogP contribution in [0.1, 0.15) is 17.3 Å². The summed E-state index contributed by atoms with van der Waals surface area (Å²) in [6.07, 6.45) is 0. The van der Waals surface area contributed by atoms with Gasteiger partial charge in [0.1, 0.15) is 11.6 Å². The predicted molar refractivity (Wildman–Crippen MR) is 80.2 cm³/mol. The number of carbonyl (C=O) groups is 1. The summed E-state index contributed by atoms with van der Waals surface area (Å²) in [5.41, 5.74) is 2.64. The number of hydrogen-bond acceptors (Lipinski definition) is 2. The Kier molecular flexibility index (Phi) is 3.22. The van der Waals surface area contributed by atoms with Gasteiger partial charge in [0.2, 0.25) is 0 Å². The minimum Gasteiger partial charge on any atom is -0.496 e. The number of nitrogens with one attached hydrogen (secondary N) is 1. The summed E-state index contributed by atoms with van der Waals surface area (Å²) in [4.78, 5) is 15.2. The van der Waals surface area contributed by atoms with Gasteiger partial charge >= 0.3 is 0 Å². The van der Waals surface area contributed by atoms with Gasteiger partial charge in [-0.15, -0.1) is 0 Å². The average molecular weight is 283 g/mol. The molecule has 0 unspecified atom stereocenters. The van der Waals surface area contributed by atoms with Crippen molar-refractivity contribution in [1.82, 2.24) is 4.98 Å². The van der Waals surface area contributed by atoms with Crippen LogP contribution < -0.4 is 4.74 Å². The number of halogens is 1. The van der Waals surface area contributed by atoms with E-state index in [2.05, 4.69) is 4.98 Å². The van der Waals surface area contributed by atoms with Crippen molar-refractivity contribution in [3.05, 3.63) is 53.8 Å². The first-order valence-electron chi connectivity index (χ1n) is 6.57. The number of rotatable bonds is 3. The largest absolute Gasteiger partial charge is 0.496 e. The molecule has 0 aliphatic rings. The van der Waals surface area contributed by atoms with Crippen LogP contribution in [0.5, 0.6) is 5.75 Å². The molecule has 0 fully saturated rings. The number of benzene rings is 2. The number of ketones is 1. The summed E-state index contributed by atoms with van der Waals surface area (Å²) in [5, 5.41) is 0.586. The Morgan fingerprint density at radius 3 is 2.67 bits per heavy atom. The van der Waals surface area contributed by atoms with Crippen molar-refractivity contribution >= 4 is 16.7 Å².